The predicted octanol–water partition coefficient (Wildman–Crippen LogP) is 5.43. The van der Waals surface area contributed by atoms with Crippen molar-refractivity contribution in [2.45, 2.75) is 44.2 Å². The molecule has 0 aromatic heterocycles. The smallest absolute Gasteiger partial charge is 0.223 e. The minimum atomic E-state index is -0.833. The van der Waals surface area contributed by atoms with Gasteiger partial charge in [-0.3, -0.25) is 4.79 Å². The number of hydrogen-bond acceptors (Lipinski definition) is 4. The highest BCUT2D eigenvalue weighted by Gasteiger charge is 2.36. The fourth-order valence-electron chi connectivity index (χ4n) is 5.72. The Morgan fingerprint density at radius 2 is 1.59 bits per heavy atom. The molecule has 0 saturated carbocycles. The molecule has 0 spiro atoms. The Bertz CT molecular complexity index is 1320. The van der Waals surface area contributed by atoms with Crippen LogP contribution in [0, 0.1) is 0 Å². The van der Waals surface area contributed by atoms with E-state index in [0.29, 0.717) is 45.4 Å². The lowest BCUT2D eigenvalue weighted by atomic mass is 9.87. The normalized spacial score (nSPS) is 17.8. The molecule has 1 atom stereocenters. The molecule has 5 rings (SSSR count). The van der Waals surface area contributed by atoms with Gasteiger partial charge in [0, 0.05) is 50.9 Å². The van der Waals surface area contributed by atoms with Gasteiger partial charge in [-0.15, -0.1) is 0 Å². The van der Waals surface area contributed by atoms with Gasteiger partial charge in [0.15, 0.2) is 0 Å². The summed E-state index contributed by atoms with van der Waals surface area (Å²) >= 11 is 0. The second kappa shape index (κ2) is 12.0. The van der Waals surface area contributed by atoms with E-state index in [2.05, 4.69) is 84.8 Å². The van der Waals surface area contributed by atoms with Gasteiger partial charge < -0.3 is 20.6 Å². The van der Waals surface area contributed by atoms with Crippen molar-refractivity contribution < 1.29 is 9.90 Å². The lowest BCUT2D eigenvalue weighted by Crippen LogP contribution is -2.51. The monoisotopic (exact) mass is 521 g/mol. The van der Waals surface area contributed by atoms with Crippen molar-refractivity contribution >= 4 is 17.1 Å². The van der Waals surface area contributed by atoms with E-state index in [1.54, 1.807) is 0 Å². The number of allylic oxidation sites excluding steroid dienone is 2. The molecule has 3 aromatic carbocycles. The van der Waals surface area contributed by atoms with Crippen LogP contribution >= 0.6 is 0 Å². The third-order valence-corrected chi connectivity index (χ3v) is 8.08. The molecule has 0 aliphatic carbocycles. The second-order valence-corrected chi connectivity index (χ2v) is 11.0. The molecule has 3 aromatic rings. The van der Waals surface area contributed by atoms with Gasteiger partial charge in [0.25, 0.3) is 0 Å². The molecule has 2 aliphatic rings. The minimum Gasteiger partial charge on any atom is -0.388 e. The molecule has 5 heteroatoms. The van der Waals surface area contributed by atoms with Crippen LogP contribution in [0.2, 0.25) is 0 Å². The van der Waals surface area contributed by atoms with Crippen LogP contribution in [-0.2, 0) is 11.3 Å². The second-order valence-electron chi connectivity index (χ2n) is 11.0. The Morgan fingerprint density at radius 1 is 0.923 bits per heavy atom. The molecule has 2 heterocycles. The summed E-state index contributed by atoms with van der Waals surface area (Å²) in [4.78, 5) is 17.2. The highest BCUT2D eigenvalue weighted by molar-refractivity contribution is 6.05. The van der Waals surface area contributed by atoms with E-state index in [-0.39, 0.29) is 11.8 Å². The zero-order valence-electron chi connectivity index (χ0n) is 22.8. The van der Waals surface area contributed by atoms with Crippen LogP contribution in [0.3, 0.4) is 0 Å². The topological polar surface area (TPSA) is 69.8 Å². The lowest BCUT2D eigenvalue weighted by Gasteiger charge is -2.41. The molecular formula is C34H39N3O2. The third-order valence-electron chi connectivity index (χ3n) is 8.08. The Morgan fingerprint density at radius 3 is 2.28 bits per heavy atom. The summed E-state index contributed by atoms with van der Waals surface area (Å²) in [5.74, 6) is 0.351. The molecule has 0 radical (unpaired) electrons. The van der Waals surface area contributed by atoms with Crippen molar-refractivity contribution in [2.24, 2.45) is 5.73 Å². The number of hydrogen-bond donors (Lipinski definition) is 2. The molecule has 1 fully saturated rings. The van der Waals surface area contributed by atoms with E-state index in [4.69, 9.17) is 5.73 Å². The average molecular weight is 522 g/mol. The van der Waals surface area contributed by atoms with Gasteiger partial charge in [-0.2, -0.15) is 0 Å². The number of aliphatic hydroxyl groups is 1. The maximum Gasteiger partial charge on any atom is 0.223 e. The molecule has 1 saturated heterocycles. The summed E-state index contributed by atoms with van der Waals surface area (Å²) in [6, 6.07) is 29.0. The van der Waals surface area contributed by atoms with Crippen molar-refractivity contribution in [1.82, 2.24) is 9.80 Å². The fourth-order valence-corrected chi connectivity index (χ4v) is 5.72. The first kappa shape index (κ1) is 26.9. The highest BCUT2D eigenvalue weighted by atomic mass is 16.3. The van der Waals surface area contributed by atoms with Gasteiger partial charge >= 0.3 is 0 Å². The predicted molar refractivity (Wildman–Crippen MR) is 159 cm³/mol. The number of rotatable bonds is 8. The number of benzene rings is 3. The molecule has 39 heavy (non-hydrogen) atoms. The number of carbonyl (C=O) groups is 1. The zero-order chi connectivity index (χ0) is 27.2. The van der Waals surface area contributed by atoms with Gasteiger partial charge in [-0.25, -0.2) is 0 Å². The van der Waals surface area contributed by atoms with Gasteiger partial charge in [0.2, 0.25) is 5.91 Å². The number of nitrogens with two attached hydrogens (primary N) is 1. The first-order chi connectivity index (χ1) is 18.9. The number of carbonyl (C=O) groups excluding carboxylic acids is 1. The van der Waals surface area contributed by atoms with Gasteiger partial charge in [-0.05, 0) is 52.7 Å². The maximum absolute atomic E-state index is 13.0. The summed E-state index contributed by atoms with van der Waals surface area (Å²) < 4.78 is 0. The summed E-state index contributed by atoms with van der Waals surface area (Å²) in [5.41, 5.74) is 12.0. The lowest BCUT2D eigenvalue weighted by molar-refractivity contribution is -0.136. The zero-order valence-corrected chi connectivity index (χ0v) is 22.8. The quantitative estimate of drug-likeness (QED) is 0.415. The van der Waals surface area contributed by atoms with Gasteiger partial charge in [0.1, 0.15) is 0 Å². The molecule has 0 unspecified atom stereocenters. The largest absolute Gasteiger partial charge is 0.388 e. The average Bonchev–Trinajstić information content (AvgIpc) is 2.98. The summed E-state index contributed by atoms with van der Waals surface area (Å²) in [6.07, 6.45) is 6.10. The van der Waals surface area contributed by atoms with Crippen molar-refractivity contribution in [3.05, 3.63) is 119 Å². The van der Waals surface area contributed by atoms with E-state index >= 15 is 0 Å². The number of piperidine rings is 1. The highest BCUT2D eigenvalue weighted by Crippen LogP contribution is 2.36. The Kier molecular flexibility index (Phi) is 8.30. The molecule has 2 aliphatic heterocycles. The summed E-state index contributed by atoms with van der Waals surface area (Å²) in [7, 11) is 0. The Balaban J connectivity index is 1.26. The summed E-state index contributed by atoms with van der Waals surface area (Å²) in [6.45, 7) is 5.04. The molecule has 202 valence electrons. The Labute approximate surface area is 232 Å². The molecular weight excluding hydrogens is 482 g/mol. The minimum absolute atomic E-state index is 0.170. The number of amides is 1. The Hall–Kier alpha value is -3.67. The van der Waals surface area contributed by atoms with Crippen LogP contribution < -0.4 is 5.73 Å². The first-order valence-electron chi connectivity index (χ1n) is 14.0. The van der Waals surface area contributed by atoms with Gasteiger partial charge in [-0.1, -0.05) is 91.9 Å². The number of likely N-dealkylation sites (tertiary alicyclic amines) is 1. The van der Waals surface area contributed by atoms with Crippen molar-refractivity contribution in [1.29, 1.82) is 0 Å². The van der Waals surface area contributed by atoms with E-state index in [1.165, 1.54) is 16.7 Å². The third kappa shape index (κ3) is 6.49. The van der Waals surface area contributed by atoms with Crippen LogP contribution in [0.15, 0.2) is 97.2 Å². The van der Waals surface area contributed by atoms with Crippen LogP contribution in [0.1, 0.15) is 54.4 Å². The SMILES string of the molecule is C[C@H](CC(=O)N1CCC(O)(CN2C=C(c3cccc(CN)c3)C(c3ccccc3)=CC2)CC1)c1ccccc1. The van der Waals surface area contributed by atoms with Crippen molar-refractivity contribution in [2.75, 3.05) is 26.2 Å². The standard InChI is InChI=1S/C34H39N3O2/c1-26(28-10-4-2-5-11-28)21-33(38)37-19-16-34(39,17-20-37)25-36-18-15-31(29-12-6-3-7-13-29)32(24-36)30-14-8-9-27(22-30)23-35/h2-15,22,24,26,39H,16-21,23,25,35H2,1H3/t26-/m1/s1. The van der Waals surface area contributed by atoms with E-state index in [9.17, 15) is 9.90 Å². The molecule has 3 N–H and O–H groups in total. The number of nitrogens with zero attached hydrogens (tertiary/aromatic N) is 2. The van der Waals surface area contributed by atoms with Crippen LogP contribution in [0.5, 0.6) is 0 Å². The van der Waals surface area contributed by atoms with Gasteiger partial charge in [0.05, 0.1) is 5.60 Å². The fraction of sp³-hybridized carbons (Fsp3) is 0.324. The van der Waals surface area contributed by atoms with Crippen molar-refractivity contribution in [3.63, 3.8) is 0 Å². The van der Waals surface area contributed by atoms with Crippen LogP contribution in [0.4, 0.5) is 0 Å². The van der Waals surface area contributed by atoms with Crippen LogP contribution in [0.25, 0.3) is 11.1 Å². The van der Waals surface area contributed by atoms with E-state index in [1.807, 2.05) is 29.2 Å². The summed E-state index contributed by atoms with van der Waals surface area (Å²) in [5, 5.41) is 11.6. The maximum atomic E-state index is 13.0. The van der Waals surface area contributed by atoms with E-state index < -0.39 is 5.60 Å². The first-order valence-corrected chi connectivity index (χ1v) is 14.0. The molecule has 0 bridgehead atoms. The molecule has 1 amide bonds. The van der Waals surface area contributed by atoms with Crippen LogP contribution in [-0.4, -0.2) is 52.6 Å². The van der Waals surface area contributed by atoms with Crippen molar-refractivity contribution in [3.8, 4) is 0 Å². The number of β-amino-alcohol motifs (C(OH)–C–C–N with tert-alkyl or cyclic N) is 1. The molecule has 5 nitrogen and oxygen atoms in total. The van der Waals surface area contributed by atoms with E-state index in [0.717, 1.165) is 23.2 Å².